The van der Waals surface area contributed by atoms with E-state index in [9.17, 15) is 0 Å². The van der Waals surface area contributed by atoms with Crippen LogP contribution < -0.4 is 11.1 Å². The Kier molecular flexibility index (Phi) is 4.69. The summed E-state index contributed by atoms with van der Waals surface area (Å²) in [4.78, 5) is 0. The second kappa shape index (κ2) is 4.73. The summed E-state index contributed by atoms with van der Waals surface area (Å²) < 4.78 is 0. The summed E-state index contributed by atoms with van der Waals surface area (Å²) in [5, 5.41) is 3.41. The first-order valence-corrected chi connectivity index (χ1v) is 4.47. The third-order valence-corrected chi connectivity index (χ3v) is 2.28. The molecule has 0 amide bonds. The van der Waals surface area contributed by atoms with Crippen molar-refractivity contribution in [1.29, 1.82) is 0 Å². The van der Waals surface area contributed by atoms with E-state index in [-0.39, 0.29) is 5.41 Å². The van der Waals surface area contributed by atoms with Crippen molar-refractivity contribution in [1.82, 2.24) is 5.32 Å². The van der Waals surface area contributed by atoms with Crippen LogP contribution in [0.2, 0.25) is 0 Å². The minimum atomic E-state index is 0.282. The van der Waals surface area contributed by atoms with Crippen LogP contribution in [0.25, 0.3) is 0 Å². The predicted molar refractivity (Wildman–Crippen MR) is 50.6 cm³/mol. The fourth-order valence-electron chi connectivity index (χ4n) is 0.792. The van der Waals surface area contributed by atoms with Crippen LogP contribution in [0.4, 0.5) is 0 Å². The molecule has 3 N–H and O–H groups in total. The van der Waals surface area contributed by atoms with Crippen molar-refractivity contribution in [3.63, 3.8) is 0 Å². The summed E-state index contributed by atoms with van der Waals surface area (Å²) in [7, 11) is 0. The lowest BCUT2D eigenvalue weighted by molar-refractivity contribution is 0.294. The Morgan fingerprint density at radius 1 is 1.45 bits per heavy atom. The summed E-state index contributed by atoms with van der Waals surface area (Å²) in [6.45, 7) is 10.5. The summed E-state index contributed by atoms with van der Waals surface area (Å²) in [5.41, 5.74) is 5.95. The van der Waals surface area contributed by atoms with Gasteiger partial charge in [-0.1, -0.05) is 27.7 Å². The summed E-state index contributed by atoms with van der Waals surface area (Å²) in [5.74, 6) is 0. The lowest BCUT2D eigenvalue weighted by Gasteiger charge is -2.27. The Hall–Kier alpha value is -0.0800. The standard InChI is InChI=1S/C9H22N2/c1-5-9(4,6-10)7-11-8(2)3/h8,11H,5-7,10H2,1-4H3. The van der Waals surface area contributed by atoms with Crippen molar-refractivity contribution in [2.24, 2.45) is 11.1 Å². The molecule has 0 aromatic heterocycles. The molecule has 0 aromatic carbocycles. The largest absolute Gasteiger partial charge is 0.330 e. The Labute approximate surface area is 70.5 Å². The Balaban J connectivity index is 3.69. The highest BCUT2D eigenvalue weighted by molar-refractivity contribution is 4.76. The first-order chi connectivity index (χ1) is 5.04. The molecule has 0 rings (SSSR count). The van der Waals surface area contributed by atoms with Gasteiger partial charge in [0.05, 0.1) is 0 Å². The molecule has 0 heterocycles. The van der Waals surface area contributed by atoms with Gasteiger partial charge in [-0.25, -0.2) is 0 Å². The van der Waals surface area contributed by atoms with E-state index in [1.165, 1.54) is 0 Å². The summed E-state index contributed by atoms with van der Waals surface area (Å²) >= 11 is 0. The van der Waals surface area contributed by atoms with Gasteiger partial charge in [0.25, 0.3) is 0 Å². The molecule has 0 saturated carbocycles. The van der Waals surface area contributed by atoms with Gasteiger partial charge in [0.1, 0.15) is 0 Å². The summed E-state index contributed by atoms with van der Waals surface area (Å²) in [6, 6.07) is 0.562. The quantitative estimate of drug-likeness (QED) is 0.634. The molecule has 0 aliphatic heterocycles. The molecule has 0 bridgehead atoms. The lowest BCUT2D eigenvalue weighted by Crippen LogP contribution is -2.40. The fourth-order valence-corrected chi connectivity index (χ4v) is 0.792. The molecule has 0 fully saturated rings. The number of rotatable bonds is 5. The zero-order valence-corrected chi connectivity index (χ0v) is 8.28. The van der Waals surface area contributed by atoms with Crippen LogP contribution in [0.1, 0.15) is 34.1 Å². The average Bonchev–Trinajstić information content (AvgIpc) is 2.00. The number of nitrogens with one attached hydrogen (secondary N) is 1. The fraction of sp³-hybridized carbons (Fsp3) is 1.00. The number of hydrogen-bond donors (Lipinski definition) is 2. The maximum absolute atomic E-state index is 5.66. The Morgan fingerprint density at radius 2 is 2.00 bits per heavy atom. The van der Waals surface area contributed by atoms with E-state index in [0.29, 0.717) is 6.04 Å². The molecule has 1 atom stereocenters. The van der Waals surface area contributed by atoms with Gasteiger partial charge in [-0.15, -0.1) is 0 Å². The van der Waals surface area contributed by atoms with Crippen LogP contribution in [0.5, 0.6) is 0 Å². The molecule has 1 unspecified atom stereocenters. The molecule has 0 saturated heterocycles. The molecular formula is C9H22N2. The number of hydrogen-bond acceptors (Lipinski definition) is 2. The van der Waals surface area contributed by atoms with Crippen molar-refractivity contribution in [2.75, 3.05) is 13.1 Å². The van der Waals surface area contributed by atoms with E-state index in [0.717, 1.165) is 19.5 Å². The molecule has 0 aliphatic rings. The van der Waals surface area contributed by atoms with Gasteiger partial charge in [0.2, 0.25) is 0 Å². The van der Waals surface area contributed by atoms with Gasteiger partial charge >= 0.3 is 0 Å². The highest BCUT2D eigenvalue weighted by Gasteiger charge is 2.19. The van der Waals surface area contributed by atoms with Crippen molar-refractivity contribution in [3.05, 3.63) is 0 Å². The average molecular weight is 158 g/mol. The SMILES string of the molecule is CCC(C)(CN)CNC(C)C. The third kappa shape index (κ3) is 4.38. The monoisotopic (exact) mass is 158 g/mol. The van der Waals surface area contributed by atoms with E-state index in [4.69, 9.17) is 5.73 Å². The molecular weight excluding hydrogens is 136 g/mol. The lowest BCUT2D eigenvalue weighted by atomic mass is 9.87. The second-order valence-corrected chi connectivity index (χ2v) is 3.90. The highest BCUT2D eigenvalue weighted by Crippen LogP contribution is 2.17. The first kappa shape index (κ1) is 10.9. The number of nitrogens with two attached hydrogens (primary N) is 1. The van der Waals surface area contributed by atoms with Crippen molar-refractivity contribution < 1.29 is 0 Å². The maximum atomic E-state index is 5.66. The molecule has 0 spiro atoms. The van der Waals surface area contributed by atoms with E-state index < -0.39 is 0 Å². The molecule has 11 heavy (non-hydrogen) atoms. The zero-order valence-electron chi connectivity index (χ0n) is 8.28. The summed E-state index contributed by atoms with van der Waals surface area (Å²) in [6.07, 6.45) is 1.14. The minimum absolute atomic E-state index is 0.282. The van der Waals surface area contributed by atoms with Crippen molar-refractivity contribution in [2.45, 2.75) is 40.2 Å². The molecule has 0 aromatic rings. The van der Waals surface area contributed by atoms with E-state index in [1.807, 2.05) is 0 Å². The van der Waals surface area contributed by atoms with Gasteiger partial charge in [-0.2, -0.15) is 0 Å². The predicted octanol–water partition coefficient (Wildman–Crippen LogP) is 1.36. The van der Waals surface area contributed by atoms with E-state index in [2.05, 4.69) is 33.0 Å². The van der Waals surface area contributed by atoms with Gasteiger partial charge < -0.3 is 11.1 Å². The molecule has 2 nitrogen and oxygen atoms in total. The molecule has 68 valence electrons. The third-order valence-electron chi connectivity index (χ3n) is 2.28. The Bertz CT molecular complexity index is 95.7. The first-order valence-electron chi connectivity index (χ1n) is 4.47. The van der Waals surface area contributed by atoms with E-state index >= 15 is 0 Å². The topological polar surface area (TPSA) is 38.0 Å². The van der Waals surface area contributed by atoms with Crippen LogP contribution in [0, 0.1) is 5.41 Å². The van der Waals surface area contributed by atoms with Crippen LogP contribution in [0.15, 0.2) is 0 Å². The maximum Gasteiger partial charge on any atom is 0.00195 e. The molecule has 0 radical (unpaired) electrons. The van der Waals surface area contributed by atoms with E-state index in [1.54, 1.807) is 0 Å². The van der Waals surface area contributed by atoms with Crippen LogP contribution in [0.3, 0.4) is 0 Å². The molecule has 0 aliphatic carbocycles. The van der Waals surface area contributed by atoms with Gasteiger partial charge in [0, 0.05) is 12.6 Å². The van der Waals surface area contributed by atoms with Crippen molar-refractivity contribution in [3.8, 4) is 0 Å². The van der Waals surface area contributed by atoms with Crippen LogP contribution in [-0.2, 0) is 0 Å². The highest BCUT2D eigenvalue weighted by atomic mass is 14.9. The molecule has 2 heteroatoms. The van der Waals surface area contributed by atoms with Gasteiger partial charge in [0.15, 0.2) is 0 Å². The second-order valence-electron chi connectivity index (χ2n) is 3.90. The van der Waals surface area contributed by atoms with Crippen LogP contribution >= 0.6 is 0 Å². The normalized spacial score (nSPS) is 16.9. The minimum Gasteiger partial charge on any atom is -0.330 e. The van der Waals surface area contributed by atoms with Crippen molar-refractivity contribution >= 4 is 0 Å². The Morgan fingerprint density at radius 3 is 2.27 bits per heavy atom. The van der Waals surface area contributed by atoms with Gasteiger partial charge in [-0.3, -0.25) is 0 Å². The van der Waals surface area contributed by atoms with Gasteiger partial charge in [-0.05, 0) is 18.4 Å². The smallest absolute Gasteiger partial charge is 0.00195 e. The van der Waals surface area contributed by atoms with Crippen LogP contribution in [-0.4, -0.2) is 19.1 Å². The zero-order chi connectivity index (χ0) is 8.91.